The second kappa shape index (κ2) is 3.28. The smallest absolute Gasteiger partial charge is 0.143 e. The molecule has 0 spiro atoms. The fourth-order valence-corrected chi connectivity index (χ4v) is 1.70. The lowest BCUT2D eigenvalue weighted by atomic mass is 10.1. The SMILES string of the molecule is N#Cc1cc(Br)c(Cl)nc1C1CC1. The Hall–Kier alpha value is -0.590. The third kappa shape index (κ3) is 1.70. The molecule has 0 atom stereocenters. The Bertz CT molecular complexity index is 393. The molecule has 2 rings (SSSR count). The van der Waals surface area contributed by atoms with Crippen LogP contribution in [-0.4, -0.2) is 4.98 Å². The van der Waals surface area contributed by atoms with Crippen molar-refractivity contribution < 1.29 is 0 Å². The summed E-state index contributed by atoms with van der Waals surface area (Å²) in [5.74, 6) is 0.459. The molecule has 1 saturated carbocycles. The second-order valence-corrected chi connectivity index (χ2v) is 4.29. The summed E-state index contributed by atoms with van der Waals surface area (Å²) in [6.07, 6.45) is 2.25. The normalized spacial score (nSPS) is 15.5. The molecule has 0 amide bonds. The highest BCUT2D eigenvalue weighted by Crippen LogP contribution is 2.41. The van der Waals surface area contributed by atoms with Crippen molar-refractivity contribution in [2.24, 2.45) is 0 Å². The topological polar surface area (TPSA) is 36.7 Å². The molecular weight excluding hydrogens is 251 g/mol. The number of nitriles is 1. The van der Waals surface area contributed by atoms with Crippen LogP contribution in [0.5, 0.6) is 0 Å². The van der Waals surface area contributed by atoms with Crippen molar-refractivity contribution in [2.75, 3.05) is 0 Å². The quantitative estimate of drug-likeness (QED) is 0.724. The average Bonchev–Trinajstić information content (AvgIpc) is 2.92. The molecule has 0 bridgehead atoms. The third-order valence-corrected chi connectivity index (χ3v) is 3.17. The number of halogens is 2. The molecule has 0 saturated heterocycles. The summed E-state index contributed by atoms with van der Waals surface area (Å²) in [6.45, 7) is 0. The van der Waals surface area contributed by atoms with Gasteiger partial charge in [-0.05, 0) is 34.8 Å². The van der Waals surface area contributed by atoms with Gasteiger partial charge in [-0.1, -0.05) is 11.6 Å². The zero-order valence-corrected chi connectivity index (χ0v) is 9.06. The molecule has 0 aliphatic heterocycles. The van der Waals surface area contributed by atoms with E-state index in [9.17, 15) is 0 Å². The molecule has 1 aromatic rings. The minimum atomic E-state index is 0.445. The van der Waals surface area contributed by atoms with E-state index in [1.165, 1.54) is 0 Å². The van der Waals surface area contributed by atoms with Crippen LogP contribution in [0, 0.1) is 11.3 Å². The van der Waals surface area contributed by atoms with Crippen LogP contribution < -0.4 is 0 Å². The van der Waals surface area contributed by atoms with Gasteiger partial charge in [0.05, 0.1) is 15.7 Å². The lowest BCUT2D eigenvalue weighted by molar-refractivity contribution is 1.01. The Kier molecular flexibility index (Phi) is 2.27. The van der Waals surface area contributed by atoms with E-state index in [1.807, 2.05) is 0 Å². The van der Waals surface area contributed by atoms with Gasteiger partial charge < -0.3 is 0 Å². The maximum Gasteiger partial charge on any atom is 0.143 e. The molecule has 0 radical (unpaired) electrons. The van der Waals surface area contributed by atoms with Gasteiger partial charge in [0.1, 0.15) is 11.2 Å². The summed E-state index contributed by atoms with van der Waals surface area (Å²) in [6, 6.07) is 3.87. The van der Waals surface area contributed by atoms with E-state index in [-0.39, 0.29) is 0 Å². The fourth-order valence-electron chi connectivity index (χ4n) is 1.24. The summed E-state index contributed by atoms with van der Waals surface area (Å²) in [5, 5.41) is 9.30. The molecule has 1 aromatic heterocycles. The molecule has 66 valence electrons. The lowest BCUT2D eigenvalue weighted by Crippen LogP contribution is -1.93. The van der Waals surface area contributed by atoms with Crippen molar-refractivity contribution in [1.82, 2.24) is 4.98 Å². The summed E-state index contributed by atoms with van der Waals surface area (Å²) in [4.78, 5) is 4.20. The maximum absolute atomic E-state index is 8.86. The Morgan fingerprint density at radius 1 is 1.62 bits per heavy atom. The molecule has 1 heterocycles. The van der Waals surface area contributed by atoms with Gasteiger partial charge in [0.25, 0.3) is 0 Å². The van der Waals surface area contributed by atoms with Crippen molar-refractivity contribution in [1.29, 1.82) is 5.26 Å². The number of pyridine rings is 1. The average molecular weight is 258 g/mol. The Labute approximate surface area is 89.7 Å². The van der Waals surface area contributed by atoms with Crippen LogP contribution >= 0.6 is 27.5 Å². The van der Waals surface area contributed by atoms with Crippen LogP contribution in [0.4, 0.5) is 0 Å². The van der Waals surface area contributed by atoms with Gasteiger partial charge in [0.15, 0.2) is 0 Å². The number of rotatable bonds is 1. The monoisotopic (exact) mass is 256 g/mol. The zero-order chi connectivity index (χ0) is 9.42. The molecule has 1 fully saturated rings. The van der Waals surface area contributed by atoms with Crippen LogP contribution in [-0.2, 0) is 0 Å². The van der Waals surface area contributed by atoms with Gasteiger partial charge in [-0.15, -0.1) is 0 Å². The van der Waals surface area contributed by atoms with Crippen LogP contribution in [0.2, 0.25) is 5.15 Å². The van der Waals surface area contributed by atoms with Crippen LogP contribution in [0.1, 0.15) is 30.0 Å². The maximum atomic E-state index is 8.86. The lowest BCUT2D eigenvalue weighted by Gasteiger charge is -2.02. The fraction of sp³-hybridized carbons (Fsp3) is 0.333. The van der Waals surface area contributed by atoms with E-state index in [2.05, 4.69) is 27.0 Å². The number of nitrogens with zero attached hydrogens (tertiary/aromatic N) is 2. The van der Waals surface area contributed by atoms with Crippen molar-refractivity contribution in [3.63, 3.8) is 0 Å². The highest BCUT2D eigenvalue weighted by Gasteiger charge is 2.28. The largest absolute Gasteiger partial charge is 0.238 e. The minimum absolute atomic E-state index is 0.445. The standard InChI is InChI=1S/C9H6BrClN2/c10-7-3-6(4-12)8(5-1-2-5)13-9(7)11/h3,5H,1-2H2. The van der Waals surface area contributed by atoms with Gasteiger partial charge >= 0.3 is 0 Å². The molecule has 4 heteroatoms. The Morgan fingerprint density at radius 3 is 2.85 bits per heavy atom. The summed E-state index contributed by atoms with van der Waals surface area (Å²) in [5.41, 5.74) is 1.49. The Morgan fingerprint density at radius 2 is 2.31 bits per heavy atom. The zero-order valence-electron chi connectivity index (χ0n) is 6.72. The first-order valence-electron chi connectivity index (χ1n) is 3.98. The van der Waals surface area contributed by atoms with Crippen molar-refractivity contribution in [3.8, 4) is 6.07 Å². The molecule has 1 aliphatic carbocycles. The van der Waals surface area contributed by atoms with Crippen LogP contribution in [0.25, 0.3) is 0 Å². The van der Waals surface area contributed by atoms with Gasteiger partial charge in [-0.25, -0.2) is 4.98 Å². The van der Waals surface area contributed by atoms with E-state index < -0.39 is 0 Å². The summed E-state index contributed by atoms with van der Waals surface area (Å²) >= 11 is 9.09. The van der Waals surface area contributed by atoms with Crippen molar-refractivity contribution in [3.05, 3.63) is 26.9 Å². The van der Waals surface area contributed by atoms with E-state index >= 15 is 0 Å². The molecular formula is C9H6BrClN2. The minimum Gasteiger partial charge on any atom is -0.238 e. The number of aromatic nitrogens is 1. The first-order valence-corrected chi connectivity index (χ1v) is 5.15. The molecule has 1 aliphatic rings. The van der Waals surface area contributed by atoms with E-state index in [4.69, 9.17) is 16.9 Å². The summed E-state index contributed by atoms with van der Waals surface area (Å²) < 4.78 is 0.690. The van der Waals surface area contributed by atoms with E-state index in [0.717, 1.165) is 18.5 Å². The van der Waals surface area contributed by atoms with Gasteiger partial charge in [0, 0.05) is 5.92 Å². The highest BCUT2D eigenvalue weighted by molar-refractivity contribution is 9.10. The molecule has 0 N–H and O–H groups in total. The van der Waals surface area contributed by atoms with Crippen LogP contribution in [0.3, 0.4) is 0 Å². The Balaban J connectivity index is 2.54. The molecule has 2 nitrogen and oxygen atoms in total. The third-order valence-electron chi connectivity index (χ3n) is 2.05. The first kappa shape index (κ1) is 8.98. The predicted octanol–water partition coefficient (Wildman–Crippen LogP) is 3.25. The van der Waals surface area contributed by atoms with Gasteiger partial charge in [-0.2, -0.15) is 5.26 Å². The van der Waals surface area contributed by atoms with E-state index in [0.29, 0.717) is 21.1 Å². The van der Waals surface area contributed by atoms with Gasteiger partial charge in [0.2, 0.25) is 0 Å². The van der Waals surface area contributed by atoms with Crippen molar-refractivity contribution in [2.45, 2.75) is 18.8 Å². The molecule has 13 heavy (non-hydrogen) atoms. The van der Waals surface area contributed by atoms with Crippen LogP contribution in [0.15, 0.2) is 10.5 Å². The molecule has 0 unspecified atom stereocenters. The second-order valence-electron chi connectivity index (χ2n) is 3.08. The number of hydrogen-bond acceptors (Lipinski definition) is 2. The summed E-state index contributed by atoms with van der Waals surface area (Å²) in [7, 11) is 0. The first-order chi connectivity index (χ1) is 6.22. The van der Waals surface area contributed by atoms with E-state index in [1.54, 1.807) is 6.07 Å². The predicted molar refractivity (Wildman–Crippen MR) is 53.6 cm³/mol. The number of hydrogen-bond donors (Lipinski definition) is 0. The molecule has 0 aromatic carbocycles. The van der Waals surface area contributed by atoms with Crippen molar-refractivity contribution >= 4 is 27.5 Å². The highest BCUT2D eigenvalue weighted by atomic mass is 79.9. The van der Waals surface area contributed by atoms with Gasteiger partial charge in [-0.3, -0.25) is 0 Å².